The lowest BCUT2D eigenvalue weighted by Crippen LogP contribution is -2.07. The topological polar surface area (TPSA) is 38.3 Å². The van der Waals surface area contributed by atoms with E-state index in [1.165, 1.54) is 6.92 Å². The Hall–Kier alpha value is -2.29. The first-order valence-electron chi connectivity index (χ1n) is 6.18. The Morgan fingerprint density at radius 2 is 1.74 bits per heavy atom. The molecule has 0 saturated carbocycles. The Bertz CT molecular complexity index is 591. The van der Waals surface area contributed by atoms with Gasteiger partial charge in [-0.05, 0) is 37.1 Å². The molecule has 3 nitrogen and oxygen atoms in total. The van der Waals surface area contributed by atoms with E-state index >= 15 is 0 Å². The monoisotopic (exact) mass is 255 g/mol. The molecular formula is C16H17NO2. The van der Waals surface area contributed by atoms with Gasteiger partial charge in [0.2, 0.25) is 5.91 Å². The third-order valence-electron chi connectivity index (χ3n) is 2.80. The molecule has 0 heterocycles. The number of carbonyl (C=O) groups is 1. The van der Waals surface area contributed by atoms with E-state index in [1.54, 1.807) is 0 Å². The molecule has 0 atom stereocenters. The van der Waals surface area contributed by atoms with Crippen molar-refractivity contribution in [3.05, 3.63) is 53.6 Å². The van der Waals surface area contributed by atoms with Gasteiger partial charge in [-0.3, -0.25) is 4.79 Å². The summed E-state index contributed by atoms with van der Waals surface area (Å²) in [7, 11) is 0. The van der Waals surface area contributed by atoms with Crippen LogP contribution in [0.5, 0.6) is 11.5 Å². The van der Waals surface area contributed by atoms with Crippen LogP contribution in [0.4, 0.5) is 5.69 Å². The van der Waals surface area contributed by atoms with E-state index in [0.717, 1.165) is 28.3 Å². The summed E-state index contributed by atoms with van der Waals surface area (Å²) in [4.78, 5) is 11.2. The Balaban J connectivity index is 2.32. The standard InChI is InChI=1S/C16H17NO2/c1-11-9-12(2)16(10-15(11)17-13(3)18)19-14-7-5-4-6-8-14/h4-10H,1-3H3,(H,17,18). The molecule has 0 spiro atoms. The summed E-state index contributed by atoms with van der Waals surface area (Å²) in [6, 6.07) is 13.5. The lowest BCUT2D eigenvalue weighted by Gasteiger charge is -2.13. The molecule has 0 saturated heterocycles. The second kappa shape index (κ2) is 5.57. The number of benzene rings is 2. The van der Waals surface area contributed by atoms with Gasteiger partial charge in [0.25, 0.3) is 0 Å². The Labute approximate surface area is 113 Å². The molecule has 0 fully saturated rings. The van der Waals surface area contributed by atoms with Gasteiger partial charge in [-0.1, -0.05) is 24.3 Å². The van der Waals surface area contributed by atoms with Crippen LogP contribution in [0.25, 0.3) is 0 Å². The summed E-state index contributed by atoms with van der Waals surface area (Å²) in [6.07, 6.45) is 0. The first-order chi connectivity index (χ1) is 9.06. The molecule has 0 radical (unpaired) electrons. The minimum atomic E-state index is -0.0855. The summed E-state index contributed by atoms with van der Waals surface area (Å²) in [5.74, 6) is 1.45. The third-order valence-corrected chi connectivity index (χ3v) is 2.80. The Morgan fingerprint density at radius 1 is 1.05 bits per heavy atom. The number of hydrogen-bond donors (Lipinski definition) is 1. The van der Waals surface area contributed by atoms with Gasteiger partial charge >= 0.3 is 0 Å². The summed E-state index contributed by atoms with van der Waals surface area (Å²) in [5.41, 5.74) is 2.84. The van der Waals surface area contributed by atoms with Crippen molar-refractivity contribution in [2.45, 2.75) is 20.8 Å². The summed E-state index contributed by atoms with van der Waals surface area (Å²) in [6.45, 7) is 5.45. The minimum Gasteiger partial charge on any atom is -0.457 e. The van der Waals surface area contributed by atoms with Crippen molar-refractivity contribution in [1.82, 2.24) is 0 Å². The summed E-state index contributed by atoms with van der Waals surface area (Å²) in [5, 5.41) is 2.81. The van der Waals surface area contributed by atoms with Crippen molar-refractivity contribution in [3.63, 3.8) is 0 Å². The van der Waals surface area contributed by atoms with Crippen molar-refractivity contribution < 1.29 is 9.53 Å². The lowest BCUT2D eigenvalue weighted by molar-refractivity contribution is -0.114. The van der Waals surface area contributed by atoms with Crippen LogP contribution >= 0.6 is 0 Å². The number of rotatable bonds is 3. The van der Waals surface area contributed by atoms with Crippen LogP contribution in [-0.2, 0) is 4.79 Å². The zero-order valence-corrected chi connectivity index (χ0v) is 11.4. The smallest absolute Gasteiger partial charge is 0.221 e. The van der Waals surface area contributed by atoms with Crippen molar-refractivity contribution in [1.29, 1.82) is 0 Å². The van der Waals surface area contributed by atoms with E-state index in [1.807, 2.05) is 56.3 Å². The highest BCUT2D eigenvalue weighted by atomic mass is 16.5. The summed E-state index contributed by atoms with van der Waals surface area (Å²) >= 11 is 0. The van der Waals surface area contributed by atoms with Crippen LogP contribution in [0, 0.1) is 13.8 Å². The zero-order chi connectivity index (χ0) is 13.8. The maximum Gasteiger partial charge on any atom is 0.221 e. The highest BCUT2D eigenvalue weighted by molar-refractivity contribution is 5.89. The first kappa shape index (κ1) is 13.1. The van der Waals surface area contributed by atoms with Crippen molar-refractivity contribution >= 4 is 11.6 Å². The molecule has 0 aliphatic heterocycles. The number of nitrogens with one attached hydrogen (secondary N) is 1. The number of anilines is 1. The van der Waals surface area contributed by atoms with Gasteiger partial charge in [-0.15, -0.1) is 0 Å². The van der Waals surface area contributed by atoms with Gasteiger partial charge in [-0.2, -0.15) is 0 Å². The molecule has 98 valence electrons. The molecule has 0 bridgehead atoms. The van der Waals surface area contributed by atoms with E-state index in [2.05, 4.69) is 5.32 Å². The molecule has 0 aromatic heterocycles. The van der Waals surface area contributed by atoms with E-state index in [9.17, 15) is 4.79 Å². The predicted octanol–water partition coefficient (Wildman–Crippen LogP) is 4.05. The van der Waals surface area contributed by atoms with Crippen LogP contribution in [-0.4, -0.2) is 5.91 Å². The van der Waals surface area contributed by atoms with Gasteiger partial charge in [0.05, 0.1) is 0 Å². The van der Waals surface area contributed by atoms with Crippen LogP contribution in [0.3, 0.4) is 0 Å². The quantitative estimate of drug-likeness (QED) is 0.898. The highest BCUT2D eigenvalue weighted by Gasteiger charge is 2.07. The fourth-order valence-electron chi connectivity index (χ4n) is 1.88. The molecule has 19 heavy (non-hydrogen) atoms. The maximum atomic E-state index is 11.2. The van der Waals surface area contributed by atoms with Crippen molar-refractivity contribution in [2.75, 3.05) is 5.32 Å². The van der Waals surface area contributed by atoms with Crippen molar-refractivity contribution in [2.24, 2.45) is 0 Å². The van der Waals surface area contributed by atoms with E-state index in [-0.39, 0.29) is 5.91 Å². The summed E-state index contributed by atoms with van der Waals surface area (Å²) < 4.78 is 5.84. The minimum absolute atomic E-state index is 0.0855. The van der Waals surface area contributed by atoms with Gasteiger partial charge in [0, 0.05) is 18.7 Å². The zero-order valence-electron chi connectivity index (χ0n) is 11.4. The molecule has 1 amide bonds. The number of hydrogen-bond acceptors (Lipinski definition) is 2. The van der Waals surface area contributed by atoms with Gasteiger partial charge < -0.3 is 10.1 Å². The maximum absolute atomic E-state index is 11.2. The molecule has 3 heteroatoms. The molecule has 0 aliphatic rings. The molecular weight excluding hydrogens is 238 g/mol. The van der Waals surface area contributed by atoms with E-state index in [0.29, 0.717) is 0 Å². The number of amides is 1. The SMILES string of the molecule is CC(=O)Nc1cc(Oc2ccccc2)c(C)cc1C. The fourth-order valence-corrected chi connectivity index (χ4v) is 1.88. The molecule has 0 unspecified atom stereocenters. The second-order valence-electron chi connectivity index (χ2n) is 4.53. The Kier molecular flexibility index (Phi) is 3.85. The molecule has 1 N–H and O–H groups in total. The lowest BCUT2D eigenvalue weighted by atomic mass is 10.1. The first-order valence-corrected chi connectivity index (χ1v) is 6.18. The Morgan fingerprint density at radius 3 is 2.37 bits per heavy atom. The number of para-hydroxylation sites is 1. The van der Waals surface area contributed by atoms with Gasteiger partial charge in [0.1, 0.15) is 11.5 Å². The highest BCUT2D eigenvalue weighted by Crippen LogP contribution is 2.30. The van der Waals surface area contributed by atoms with Crippen LogP contribution in [0.2, 0.25) is 0 Å². The normalized spacial score (nSPS) is 10.1. The van der Waals surface area contributed by atoms with E-state index in [4.69, 9.17) is 4.74 Å². The van der Waals surface area contributed by atoms with Gasteiger partial charge in [-0.25, -0.2) is 0 Å². The van der Waals surface area contributed by atoms with Crippen LogP contribution in [0.15, 0.2) is 42.5 Å². The number of aryl methyl sites for hydroxylation is 2. The van der Waals surface area contributed by atoms with E-state index < -0.39 is 0 Å². The predicted molar refractivity (Wildman–Crippen MR) is 76.7 cm³/mol. The molecule has 2 rings (SSSR count). The molecule has 2 aromatic carbocycles. The average Bonchev–Trinajstić information content (AvgIpc) is 2.36. The number of ether oxygens (including phenoxy) is 1. The van der Waals surface area contributed by atoms with Crippen LogP contribution < -0.4 is 10.1 Å². The average molecular weight is 255 g/mol. The van der Waals surface area contributed by atoms with Crippen LogP contribution in [0.1, 0.15) is 18.1 Å². The molecule has 0 aliphatic carbocycles. The van der Waals surface area contributed by atoms with Crippen molar-refractivity contribution in [3.8, 4) is 11.5 Å². The fraction of sp³-hybridized carbons (Fsp3) is 0.188. The van der Waals surface area contributed by atoms with Gasteiger partial charge in [0.15, 0.2) is 0 Å². The largest absolute Gasteiger partial charge is 0.457 e. The second-order valence-corrected chi connectivity index (χ2v) is 4.53. The third kappa shape index (κ3) is 3.35. The molecule has 2 aromatic rings. The number of carbonyl (C=O) groups excluding carboxylic acids is 1.